The number of aryl methyl sites for hydroxylation is 2. The Morgan fingerprint density at radius 1 is 1.03 bits per heavy atom. The molecule has 1 N–H and O–H groups in total. The number of carbonyl (C=O) groups excluding carboxylic acids is 2. The summed E-state index contributed by atoms with van der Waals surface area (Å²) in [5, 5.41) is 2.87. The molecule has 1 fully saturated rings. The minimum atomic E-state index is -1.10. The number of ether oxygens (including phenoxy) is 2. The molecular formula is C26H28N2O4. The van der Waals surface area contributed by atoms with E-state index in [1.165, 1.54) is 0 Å². The van der Waals surface area contributed by atoms with Gasteiger partial charge in [-0.15, -0.1) is 0 Å². The fourth-order valence-electron chi connectivity index (χ4n) is 4.07. The molecule has 0 spiro atoms. The summed E-state index contributed by atoms with van der Waals surface area (Å²) in [6, 6.07) is 16.9. The fourth-order valence-corrected chi connectivity index (χ4v) is 4.07. The van der Waals surface area contributed by atoms with Crippen LogP contribution in [-0.4, -0.2) is 23.6 Å². The molecule has 166 valence electrons. The molecule has 1 amide bonds. The van der Waals surface area contributed by atoms with Crippen molar-refractivity contribution in [2.45, 2.75) is 45.8 Å². The summed E-state index contributed by atoms with van der Waals surface area (Å²) >= 11 is 0. The number of hydrogen-bond acceptors (Lipinski definition) is 4. The summed E-state index contributed by atoms with van der Waals surface area (Å²) in [4.78, 5) is 26.4. The largest absolute Gasteiger partial charge is 0.495 e. The molecule has 0 aliphatic heterocycles. The monoisotopic (exact) mass is 432 g/mol. The van der Waals surface area contributed by atoms with Crippen LogP contribution >= 0.6 is 0 Å². The van der Waals surface area contributed by atoms with Crippen LogP contribution in [0.25, 0.3) is 0 Å². The molecule has 0 radical (unpaired) electrons. The number of carbonyl (C=O) groups is 2. The molecule has 1 atom stereocenters. The summed E-state index contributed by atoms with van der Waals surface area (Å²) in [6.45, 7) is 5.85. The average Bonchev–Trinajstić information content (AvgIpc) is 3.56. The van der Waals surface area contributed by atoms with Gasteiger partial charge in [0.05, 0.1) is 18.4 Å². The van der Waals surface area contributed by atoms with Crippen molar-refractivity contribution in [3.05, 3.63) is 82.7 Å². The zero-order chi connectivity index (χ0) is 22.8. The van der Waals surface area contributed by atoms with Crippen molar-refractivity contribution in [1.29, 1.82) is 0 Å². The highest BCUT2D eigenvalue weighted by Crippen LogP contribution is 2.38. The minimum absolute atomic E-state index is 0.440. The van der Waals surface area contributed by atoms with Crippen LogP contribution in [0.4, 0.5) is 5.69 Å². The first-order valence-electron chi connectivity index (χ1n) is 10.8. The summed E-state index contributed by atoms with van der Waals surface area (Å²) < 4.78 is 13.4. The zero-order valence-electron chi connectivity index (χ0n) is 18.8. The highest BCUT2D eigenvalue weighted by atomic mass is 16.5. The molecule has 1 aromatic heterocycles. The van der Waals surface area contributed by atoms with E-state index < -0.39 is 18.0 Å². The van der Waals surface area contributed by atoms with Crippen molar-refractivity contribution < 1.29 is 19.1 Å². The van der Waals surface area contributed by atoms with Crippen molar-refractivity contribution >= 4 is 17.6 Å². The Bertz CT molecular complexity index is 1150. The summed E-state index contributed by atoms with van der Waals surface area (Å²) in [5.41, 5.74) is 4.50. The Balaban J connectivity index is 1.62. The molecule has 1 aliphatic rings. The van der Waals surface area contributed by atoms with E-state index in [1.54, 1.807) is 25.3 Å². The van der Waals surface area contributed by atoms with Gasteiger partial charge in [0.25, 0.3) is 5.91 Å². The quantitative estimate of drug-likeness (QED) is 0.515. The molecular weight excluding hydrogens is 404 g/mol. The topological polar surface area (TPSA) is 69.6 Å². The Labute approximate surface area is 188 Å². The van der Waals surface area contributed by atoms with E-state index in [-0.39, 0.29) is 0 Å². The van der Waals surface area contributed by atoms with Gasteiger partial charge in [-0.3, -0.25) is 4.79 Å². The minimum Gasteiger partial charge on any atom is -0.495 e. The van der Waals surface area contributed by atoms with Gasteiger partial charge < -0.3 is 19.4 Å². The maximum absolute atomic E-state index is 13.3. The Kier molecular flexibility index (Phi) is 6.04. The second-order valence-electron chi connectivity index (χ2n) is 8.28. The number of benzene rings is 2. The van der Waals surface area contributed by atoms with E-state index in [0.717, 1.165) is 29.8 Å². The lowest BCUT2D eigenvalue weighted by molar-refractivity contribution is -0.125. The van der Waals surface area contributed by atoms with Crippen LogP contribution in [0.15, 0.2) is 54.6 Å². The fraction of sp³-hybridized carbons (Fsp3) is 0.308. The molecule has 4 rings (SSSR count). The predicted octanol–water partition coefficient (Wildman–Crippen LogP) is 5.29. The molecule has 2 aromatic carbocycles. The van der Waals surface area contributed by atoms with Crippen LogP contribution in [0, 0.1) is 20.8 Å². The lowest BCUT2D eigenvalue weighted by Crippen LogP contribution is -2.26. The van der Waals surface area contributed by atoms with Crippen molar-refractivity contribution in [1.82, 2.24) is 4.57 Å². The smallest absolute Gasteiger partial charge is 0.341 e. The molecule has 1 saturated carbocycles. The number of hydrogen-bond donors (Lipinski definition) is 1. The van der Waals surface area contributed by atoms with E-state index >= 15 is 0 Å². The summed E-state index contributed by atoms with van der Waals surface area (Å²) in [5.74, 6) is -0.412. The number of nitrogens with zero attached hydrogens (tertiary/aromatic N) is 1. The van der Waals surface area contributed by atoms with Crippen molar-refractivity contribution in [3.8, 4) is 5.75 Å². The van der Waals surface area contributed by atoms with E-state index in [4.69, 9.17) is 9.47 Å². The molecule has 1 unspecified atom stereocenters. The molecule has 6 nitrogen and oxygen atoms in total. The number of nitrogens with one attached hydrogen (secondary N) is 1. The van der Waals surface area contributed by atoms with Gasteiger partial charge in [0.1, 0.15) is 5.75 Å². The molecule has 0 bridgehead atoms. The zero-order valence-corrected chi connectivity index (χ0v) is 18.8. The van der Waals surface area contributed by atoms with Crippen LogP contribution in [0.1, 0.15) is 57.9 Å². The van der Waals surface area contributed by atoms with E-state index in [0.29, 0.717) is 28.6 Å². The van der Waals surface area contributed by atoms with Crippen LogP contribution in [0.3, 0.4) is 0 Å². The lowest BCUT2D eigenvalue weighted by atomic mass is 10.1. The van der Waals surface area contributed by atoms with Gasteiger partial charge in [-0.1, -0.05) is 36.4 Å². The second kappa shape index (κ2) is 8.91. The first-order chi connectivity index (χ1) is 15.4. The molecule has 1 heterocycles. The molecule has 6 heteroatoms. The van der Waals surface area contributed by atoms with Gasteiger partial charge in [-0.25, -0.2) is 4.79 Å². The third-order valence-electron chi connectivity index (χ3n) is 5.79. The van der Waals surface area contributed by atoms with E-state index in [2.05, 4.69) is 9.88 Å². The standard InChI is InChI=1S/C26H28N2O4/c1-16-10-13-23(31-4)22(14-16)27-25(29)24(19-8-6-5-7-9-19)32-26(30)21-15-17(2)28(18(21)3)20-11-12-20/h5-10,13-15,20,24H,11-12H2,1-4H3,(H,27,29). The summed E-state index contributed by atoms with van der Waals surface area (Å²) in [7, 11) is 1.55. The third-order valence-corrected chi connectivity index (χ3v) is 5.79. The Morgan fingerprint density at radius 3 is 2.41 bits per heavy atom. The van der Waals surface area contributed by atoms with Gasteiger partial charge in [0.2, 0.25) is 6.10 Å². The maximum atomic E-state index is 13.3. The van der Waals surface area contributed by atoms with Gasteiger partial charge in [0.15, 0.2) is 0 Å². The van der Waals surface area contributed by atoms with Crippen molar-refractivity contribution in [2.75, 3.05) is 12.4 Å². The normalized spacial score (nSPS) is 14.0. The van der Waals surface area contributed by atoms with Crippen molar-refractivity contribution in [2.24, 2.45) is 0 Å². The van der Waals surface area contributed by atoms with E-state index in [1.807, 2.05) is 57.2 Å². The number of anilines is 1. The van der Waals surface area contributed by atoms with Gasteiger partial charge in [-0.2, -0.15) is 0 Å². The van der Waals surface area contributed by atoms with Gasteiger partial charge >= 0.3 is 5.97 Å². The number of rotatable bonds is 7. The molecule has 32 heavy (non-hydrogen) atoms. The molecule has 3 aromatic rings. The molecule has 1 aliphatic carbocycles. The Morgan fingerprint density at radius 2 is 1.75 bits per heavy atom. The van der Waals surface area contributed by atoms with Crippen LogP contribution < -0.4 is 10.1 Å². The highest BCUT2D eigenvalue weighted by molar-refractivity contribution is 5.99. The number of esters is 1. The van der Waals surface area contributed by atoms with Crippen molar-refractivity contribution in [3.63, 3.8) is 0 Å². The van der Waals surface area contributed by atoms with Crippen LogP contribution in [0.5, 0.6) is 5.75 Å². The highest BCUT2D eigenvalue weighted by Gasteiger charge is 2.31. The predicted molar refractivity (Wildman–Crippen MR) is 123 cm³/mol. The van der Waals surface area contributed by atoms with Gasteiger partial charge in [0, 0.05) is 23.0 Å². The number of amides is 1. The third kappa shape index (κ3) is 4.40. The first-order valence-corrected chi connectivity index (χ1v) is 10.8. The number of methoxy groups -OCH3 is 1. The average molecular weight is 433 g/mol. The first kappa shape index (κ1) is 21.7. The number of aromatic nitrogens is 1. The van der Waals surface area contributed by atoms with Crippen LogP contribution in [0.2, 0.25) is 0 Å². The summed E-state index contributed by atoms with van der Waals surface area (Å²) in [6.07, 6.45) is 1.15. The lowest BCUT2D eigenvalue weighted by Gasteiger charge is -2.19. The van der Waals surface area contributed by atoms with Crippen LogP contribution in [-0.2, 0) is 9.53 Å². The Hall–Kier alpha value is -3.54. The van der Waals surface area contributed by atoms with Gasteiger partial charge in [-0.05, 0) is 57.4 Å². The second-order valence-corrected chi connectivity index (χ2v) is 8.28. The SMILES string of the molecule is COc1ccc(C)cc1NC(=O)C(OC(=O)c1cc(C)n(C2CC2)c1C)c1ccccc1. The maximum Gasteiger partial charge on any atom is 0.341 e. The molecule has 0 saturated heterocycles. The van der Waals surface area contributed by atoms with E-state index in [9.17, 15) is 9.59 Å².